The van der Waals surface area contributed by atoms with Crippen LogP contribution in [0.25, 0.3) is 0 Å². The minimum Gasteiger partial charge on any atom is -0.464 e. The number of aryl methyl sites for hydroxylation is 1. The molecule has 0 spiro atoms. The number of furan rings is 1. The first-order chi connectivity index (χ1) is 9.05. The van der Waals surface area contributed by atoms with Gasteiger partial charge in [-0.1, -0.05) is 0 Å². The van der Waals surface area contributed by atoms with Gasteiger partial charge in [0.25, 0.3) is 0 Å². The highest BCUT2D eigenvalue weighted by Crippen LogP contribution is 2.24. The van der Waals surface area contributed by atoms with Gasteiger partial charge in [-0.15, -0.1) is 0 Å². The Morgan fingerprint density at radius 1 is 1.37 bits per heavy atom. The van der Waals surface area contributed by atoms with E-state index in [0.717, 1.165) is 6.42 Å². The minimum absolute atomic E-state index is 0.264. The molecule has 0 radical (unpaired) electrons. The van der Waals surface area contributed by atoms with Gasteiger partial charge in [-0.05, 0) is 20.4 Å². The fraction of sp³-hybridized carbons (Fsp3) is 0.667. The average molecular weight is 288 g/mol. The molecule has 1 N–H and O–H groups in total. The van der Waals surface area contributed by atoms with Crippen LogP contribution in [0.3, 0.4) is 0 Å². The van der Waals surface area contributed by atoms with Crippen LogP contribution in [-0.2, 0) is 21.3 Å². The molecule has 0 saturated carbocycles. The molecule has 2 heterocycles. The van der Waals surface area contributed by atoms with E-state index in [2.05, 4.69) is 5.32 Å². The molecule has 2 rings (SSSR count). The van der Waals surface area contributed by atoms with E-state index >= 15 is 0 Å². The standard InChI is InChI=1S/C12H20N2O4S/c1-10-12(8-11(18-10)9-13-2)19(15,16)14-4-3-6-17-7-5-14/h8,13H,3-7,9H2,1-2H3. The second-order valence-corrected chi connectivity index (χ2v) is 6.44. The van der Waals surface area contributed by atoms with Crippen molar-refractivity contribution in [1.29, 1.82) is 0 Å². The molecule has 1 fully saturated rings. The fourth-order valence-electron chi connectivity index (χ4n) is 2.14. The van der Waals surface area contributed by atoms with Crippen LogP contribution in [0.5, 0.6) is 0 Å². The summed E-state index contributed by atoms with van der Waals surface area (Å²) in [4.78, 5) is 0.264. The maximum atomic E-state index is 12.6. The first kappa shape index (κ1) is 14.5. The Hall–Kier alpha value is -0.890. The number of rotatable bonds is 4. The van der Waals surface area contributed by atoms with Crippen LogP contribution in [0.15, 0.2) is 15.4 Å². The molecule has 0 aromatic carbocycles. The first-order valence-electron chi connectivity index (χ1n) is 6.37. The van der Waals surface area contributed by atoms with Gasteiger partial charge in [-0.2, -0.15) is 4.31 Å². The molecule has 108 valence electrons. The van der Waals surface area contributed by atoms with Crippen LogP contribution >= 0.6 is 0 Å². The molecule has 19 heavy (non-hydrogen) atoms. The number of hydrogen-bond donors (Lipinski definition) is 1. The Morgan fingerprint density at radius 2 is 2.16 bits per heavy atom. The molecule has 1 aliphatic rings. The zero-order valence-electron chi connectivity index (χ0n) is 11.3. The van der Waals surface area contributed by atoms with Crippen LogP contribution in [0.4, 0.5) is 0 Å². The summed E-state index contributed by atoms with van der Waals surface area (Å²) in [6, 6.07) is 1.60. The van der Waals surface area contributed by atoms with Crippen molar-refractivity contribution < 1.29 is 17.6 Å². The van der Waals surface area contributed by atoms with Crippen LogP contribution in [-0.4, -0.2) is 46.1 Å². The van der Waals surface area contributed by atoms with E-state index in [4.69, 9.17) is 9.15 Å². The van der Waals surface area contributed by atoms with E-state index in [1.54, 1.807) is 20.0 Å². The molecule has 1 aliphatic heterocycles. The fourth-order valence-corrected chi connectivity index (χ4v) is 3.79. The lowest BCUT2D eigenvalue weighted by Gasteiger charge is -2.18. The van der Waals surface area contributed by atoms with Crippen molar-refractivity contribution in [2.24, 2.45) is 0 Å². The minimum atomic E-state index is -3.48. The highest BCUT2D eigenvalue weighted by Gasteiger charge is 2.29. The summed E-state index contributed by atoms with van der Waals surface area (Å²) in [5, 5.41) is 2.94. The monoisotopic (exact) mass is 288 g/mol. The third-order valence-corrected chi connectivity index (χ3v) is 5.08. The molecule has 0 aliphatic carbocycles. The molecule has 0 bridgehead atoms. The van der Waals surface area contributed by atoms with Gasteiger partial charge in [0.05, 0.1) is 13.2 Å². The van der Waals surface area contributed by atoms with Crippen molar-refractivity contribution >= 4 is 10.0 Å². The van der Waals surface area contributed by atoms with Gasteiger partial charge in [0.15, 0.2) is 0 Å². The zero-order valence-corrected chi connectivity index (χ0v) is 12.1. The second kappa shape index (κ2) is 6.04. The summed E-state index contributed by atoms with van der Waals surface area (Å²) in [5.41, 5.74) is 0. The van der Waals surface area contributed by atoms with E-state index in [0.29, 0.717) is 44.4 Å². The molecule has 0 atom stereocenters. The quantitative estimate of drug-likeness (QED) is 0.884. The lowest BCUT2D eigenvalue weighted by atomic mass is 10.4. The SMILES string of the molecule is CNCc1cc(S(=O)(=O)N2CCCOCC2)c(C)o1. The maximum Gasteiger partial charge on any atom is 0.246 e. The highest BCUT2D eigenvalue weighted by atomic mass is 32.2. The molecular weight excluding hydrogens is 268 g/mol. The Morgan fingerprint density at radius 3 is 2.89 bits per heavy atom. The van der Waals surface area contributed by atoms with E-state index in [9.17, 15) is 8.42 Å². The normalized spacial score (nSPS) is 18.4. The van der Waals surface area contributed by atoms with Gasteiger partial charge in [0.2, 0.25) is 10.0 Å². The molecule has 1 aromatic heterocycles. The summed E-state index contributed by atoms with van der Waals surface area (Å²) in [6.07, 6.45) is 0.722. The maximum absolute atomic E-state index is 12.6. The van der Waals surface area contributed by atoms with Gasteiger partial charge in [0, 0.05) is 25.8 Å². The number of nitrogens with zero attached hydrogens (tertiary/aromatic N) is 1. The highest BCUT2D eigenvalue weighted by molar-refractivity contribution is 7.89. The van der Waals surface area contributed by atoms with Gasteiger partial charge in [-0.3, -0.25) is 0 Å². The summed E-state index contributed by atoms with van der Waals surface area (Å²) < 4.78 is 37.4. The first-order valence-corrected chi connectivity index (χ1v) is 7.81. The number of nitrogens with one attached hydrogen (secondary N) is 1. The number of sulfonamides is 1. The van der Waals surface area contributed by atoms with E-state index in [1.807, 2.05) is 0 Å². The largest absolute Gasteiger partial charge is 0.464 e. The van der Waals surface area contributed by atoms with E-state index < -0.39 is 10.0 Å². The lowest BCUT2D eigenvalue weighted by molar-refractivity contribution is 0.148. The Labute approximate surface area is 113 Å². The third-order valence-electron chi connectivity index (χ3n) is 3.07. The van der Waals surface area contributed by atoms with Crippen molar-refractivity contribution in [1.82, 2.24) is 9.62 Å². The van der Waals surface area contributed by atoms with Gasteiger partial charge in [-0.25, -0.2) is 8.42 Å². The summed E-state index contributed by atoms with van der Waals surface area (Å²) in [6.45, 7) is 4.14. The number of hydrogen-bond acceptors (Lipinski definition) is 5. The molecule has 0 unspecified atom stereocenters. The Bertz CT molecular complexity index is 516. The predicted octanol–water partition coefficient (Wildman–Crippen LogP) is 0.718. The van der Waals surface area contributed by atoms with Gasteiger partial charge < -0.3 is 14.5 Å². The molecule has 1 aromatic rings. The van der Waals surface area contributed by atoms with Crippen LogP contribution in [0.2, 0.25) is 0 Å². The van der Waals surface area contributed by atoms with Crippen molar-refractivity contribution in [3.8, 4) is 0 Å². The Balaban J connectivity index is 2.27. The van der Waals surface area contributed by atoms with Crippen molar-refractivity contribution in [3.05, 3.63) is 17.6 Å². The zero-order chi connectivity index (χ0) is 13.9. The van der Waals surface area contributed by atoms with Crippen molar-refractivity contribution in [3.63, 3.8) is 0 Å². The van der Waals surface area contributed by atoms with Crippen LogP contribution < -0.4 is 5.32 Å². The van der Waals surface area contributed by atoms with Crippen LogP contribution in [0, 0.1) is 6.92 Å². The van der Waals surface area contributed by atoms with Gasteiger partial charge in [0.1, 0.15) is 16.4 Å². The third kappa shape index (κ3) is 3.17. The molecule has 1 saturated heterocycles. The van der Waals surface area contributed by atoms with Crippen molar-refractivity contribution in [2.45, 2.75) is 24.8 Å². The average Bonchev–Trinajstić information content (AvgIpc) is 2.60. The molecule has 7 heteroatoms. The predicted molar refractivity (Wildman–Crippen MR) is 70.4 cm³/mol. The summed E-state index contributed by atoms with van der Waals surface area (Å²) in [7, 11) is -1.69. The topological polar surface area (TPSA) is 71.8 Å². The second-order valence-electron chi connectivity index (χ2n) is 4.53. The van der Waals surface area contributed by atoms with E-state index in [-0.39, 0.29) is 4.90 Å². The molecular formula is C12H20N2O4S. The van der Waals surface area contributed by atoms with Crippen LogP contribution in [0.1, 0.15) is 17.9 Å². The summed E-state index contributed by atoms with van der Waals surface area (Å²) in [5.74, 6) is 1.07. The molecule has 0 amide bonds. The lowest BCUT2D eigenvalue weighted by Crippen LogP contribution is -2.33. The van der Waals surface area contributed by atoms with Crippen molar-refractivity contribution in [2.75, 3.05) is 33.4 Å². The van der Waals surface area contributed by atoms with Gasteiger partial charge >= 0.3 is 0 Å². The smallest absolute Gasteiger partial charge is 0.246 e. The summed E-state index contributed by atoms with van der Waals surface area (Å²) >= 11 is 0. The Kier molecular flexibility index (Phi) is 4.62. The molecule has 6 nitrogen and oxygen atoms in total. The van der Waals surface area contributed by atoms with E-state index in [1.165, 1.54) is 4.31 Å². The number of ether oxygens (including phenoxy) is 1.